The molecule has 2 aromatic rings. The Bertz CT molecular complexity index is 878. The van der Waals surface area contributed by atoms with Gasteiger partial charge in [-0.2, -0.15) is 0 Å². The van der Waals surface area contributed by atoms with Gasteiger partial charge in [-0.1, -0.05) is 18.2 Å². The molecule has 8 heteroatoms. The summed E-state index contributed by atoms with van der Waals surface area (Å²) < 4.78 is 5.02. The second-order valence-corrected chi connectivity index (χ2v) is 7.22. The Labute approximate surface area is 169 Å². The van der Waals surface area contributed by atoms with E-state index in [1.54, 1.807) is 18.0 Å². The zero-order valence-corrected chi connectivity index (χ0v) is 16.5. The van der Waals surface area contributed by atoms with Crippen LogP contribution >= 0.6 is 0 Å². The largest absolute Gasteiger partial charge is 0.450 e. The number of para-hydroxylation sites is 1. The quantitative estimate of drug-likeness (QED) is 0.856. The molecule has 2 aliphatic heterocycles. The number of fused-ring (bicyclic) bond motifs is 1. The average Bonchev–Trinajstić information content (AvgIpc) is 3.19. The highest BCUT2D eigenvalue weighted by atomic mass is 16.6. The van der Waals surface area contributed by atoms with E-state index < -0.39 is 0 Å². The molecule has 152 valence electrons. The average molecular weight is 395 g/mol. The van der Waals surface area contributed by atoms with E-state index in [2.05, 4.69) is 32.3 Å². The maximum atomic E-state index is 12.5. The summed E-state index contributed by atoms with van der Waals surface area (Å²) in [6.07, 6.45) is 5.26. The van der Waals surface area contributed by atoms with Gasteiger partial charge in [0.25, 0.3) is 5.91 Å². The number of anilines is 2. The van der Waals surface area contributed by atoms with E-state index in [1.165, 1.54) is 11.8 Å². The summed E-state index contributed by atoms with van der Waals surface area (Å²) in [4.78, 5) is 36.9. The lowest BCUT2D eigenvalue weighted by Crippen LogP contribution is -2.46. The molecule has 0 radical (unpaired) electrons. The minimum atomic E-state index is -0.290. The van der Waals surface area contributed by atoms with Crippen LogP contribution in [0.5, 0.6) is 0 Å². The lowest BCUT2D eigenvalue weighted by Gasteiger charge is -2.31. The molecule has 4 rings (SSSR count). The number of carbonyl (C=O) groups excluding carboxylic acids is 2. The minimum Gasteiger partial charge on any atom is -0.450 e. The van der Waals surface area contributed by atoms with Crippen molar-refractivity contribution in [1.29, 1.82) is 0 Å². The van der Waals surface area contributed by atoms with E-state index in [9.17, 15) is 9.59 Å². The van der Waals surface area contributed by atoms with E-state index in [0.29, 0.717) is 38.2 Å². The van der Waals surface area contributed by atoms with Crippen LogP contribution < -0.4 is 10.2 Å². The van der Waals surface area contributed by atoms with E-state index in [0.717, 1.165) is 24.5 Å². The van der Waals surface area contributed by atoms with E-state index in [4.69, 9.17) is 4.74 Å². The molecule has 8 nitrogen and oxygen atoms in total. The standard InChI is InChI=1S/C21H25N5O3/c1-2-29-21(28)25-10-8-16(9-11-25)24-20(27)17-13-23-19(14-22-17)26-12-7-15-5-3-4-6-18(15)26/h3-6,13-14,16H,2,7-12H2,1H3,(H,24,27). The fourth-order valence-corrected chi connectivity index (χ4v) is 3.83. The van der Waals surface area contributed by atoms with Gasteiger partial charge >= 0.3 is 6.09 Å². The minimum absolute atomic E-state index is 0.0140. The van der Waals surface area contributed by atoms with Gasteiger partial charge in [-0.15, -0.1) is 0 Å². The van der Waals surface area contributed by atoms with Crippen molar-refractivity contribution in [2.75, 3.05) is 31.1 Å². The van der Waals surface area contributed by atoms with Crippen molar-refractivity contribution in [2.24, 2.45) is 0 Å². The fraction of sp³-hybridized carbons (Fsp3) is 0.429. The van der Waals surface area contributed by atoms with Crippen LogP contribution in [0.4, 0.5) is 16.3 Å². The molecule has 29 heavy (non-hydrogen) atoms. The zero-order chi connectivity index (χ0) is 20.2. The molecule has 1 fully saturated rings. The summed E-state index contributed by atoms with van der Waals surface area (Å²) in [5.41, 5.74) is 2.74. The molecule has 0 atom stereocenters. The van der Waals surface area contributed by atoms with Crippen molar-refractivity contribution < 1.29 is 14.3 Å². The number of hydrogen-bond acceptors (Lipinski definition) is 6. The number of nitrogens with one attached hydrogen (secondary N) is 1. The van der Waals surface area contributed by atoms with E-state index >= 15 is 0 Å². The van der Waals surface area contributed by atoms with Gasteiger partial charge in [-0.25, -0.2) is 14.8 Å². The summed E-state index contributed by atoms with van der Waals surface area (Å²) in [6.45, 7) is 4.16. The Hall–Kier alpha value is -3.16. The first kappa shape index (κ1) is 19.2. The molecule has 0 spiro atoms. The maximum absolute atomic E-state index is 12.5. The third-order valence-electron chi connectivity index (χ3n) is 5.39. The Kier molecular flexibility index (Phi) is 5.59. The first-order chi connectivity index (χ1) is 14.2. The third-order valence-corrected chi connectivity index (χ3v) is 5.39. The molecule has 0 aliphatic carbocycles. The monoisotopic (exact) mass is 395 g/mol. The predicted molar refractivity (Wildman–Crippen MR) is 108 cm³/mol. The van der Waals surface area contributed by atoms with Gasteiger partial charge in [0, 0.05) is 31.4 Å². The van der Waals surface area contributed by atoms with Crippen molar-refractivity contribution in [2.45, 2.75) is 32.2 Å². The number of ether oxygens (including phenoxy) is 1. The SMILES string of the molecule is CCOC(=O)N1CCC(NC(=O)c2cnc(N3CCc4ccccc43)cn2)CC1. The van der Waals surface area contributed by atoms with Crippen molar-refractivity contribution in [1.82, 2.24) is 20.2 Å². The highest BCUT2D eigenvalue weighted by Gasteiger charge is 2.26. The van der Waals surface area contributed by atoms with E-state index in [1.807, 2.05) is 12.1 Å². The van der Waals surface area contributed by atoms with Crippen LogP contribution in [0.25, 0.3) is 0 Å². The normalized spacial score (nSPS) is 16.4. The van der Waals surface area contributed by atoms with Gasteiger partial charge in [-0.3, -0.25) is 4.79 Å². The van der Waals surface area contributed by atoms with Gasteiger partial charge < -0.3 is 19.9 Å². The Balaban J connectivity index is 1.33. The van der Waals surface area contributed by atoms with Crippen LogP contribution in [0, 0.1) is 0 Å². The molecule has 1 saturated heterocycles. The van der Waals surface area contributed by atoms with Gasteiger partial charge in [-0.05, 0) is 37.8 Å². The third kappa shape index (κ3) is 4.16. The van der Waals surface area contributed by atoms with Crippen LogP contribution in [-0.2, 0) is 11.2 Å². The fourth-order valence-electron chi connectivity index (χ4n) is 3.83. The van der Waals surface area contributed by atoms with E-state index in [-0.39, 0.29) is 18.0 Å². The molecule has 1 aromatic carbocycles. The van der Waals surface area contributed by atoms with Gasteiger partial charge in [0.05, 0.1) is 19.0 Å². The van der Waals surface area contributed by atoms with Gasteiger partial charge in [0.2, 0.25) is 0 Å². The number of aromatic nitrogens is 2. The van der Waals surface area contributed by atoms with Gasteiger partial charge in [0.1, 0.15) is 5.69 Å². The summed E-state index contributed by atoms with van der Waals surface area (Å²) >= 11 is 0. The molecule has 0 unspecified atom stereocenters. The molecule has 1 aromatic heterocycles. The van der Waals surface area contributed by atoms with Crippen LogP contribution in [0.3, 0.4) is 0 Å². The highest BCUT2D eigenvalue weighted by molar-refractivity contribution is 5.92. The molecule has 0 bridgehead atoms. The smallest absolute Gasteiger partial charge is 0.409 e. The first-order valence-corrected chi connectivity index (χ1v) is 10.1. The molecule has 2 amide bonds. The Morgan fingerprint density at radius 3 is 2.66 bits per heavy atom. The van der Waals surface area contributed by atoms with Crippen molar-refractivity contribution in [3.63, 3.8) is 0 Å². The zero-order valence-electron chi connectivity index (χ0n) is 16.5. The summed E-state index contributed by atoms with van der Waals surface area (Å²) in [7, 11) is 0. The number of piperidine rings is 1. The number of nitrogens with zero attached hydrogens (tertiary/aromatic N) is 4. The molecular formula is C21H25N5O3. The number of amides is 2. The lowest BCUT2D eigenvalue weighted by atomic mass is 10.1. The summed E-state index contributed by atoms with van der Waals surface area (Å²) in [5.74, 6) is 0.509. The number of carbonyl (C=O) groups is 2. The molecule has 2 aliphatic rings. The number of likely N-dealkylation sites (tertiary alicyclic amines) is 1. The number of hydrogen-bond donors (Lipinski definition) is 1. The number of rotatable bonds is 4. The second-order valence-electron chi connectivity index (χ2n) is 7.22. The van der Waals surface area contributed by atoms with Gasteiger partial charge in [0.15, 0.2) is 5.82 Å². The molecule has 1 N–H and O–H groups in total. The second kappa shape index (κ2) is 8.46. The maximum Gasteiger partial charge on any atom is 0.409 e. The Morgan fingerprint density at radius 1 is 1.14 bits per heavy atom. The Morgan fingerprint density at radius 2 is 1.93 bits per heavy atom. The number of benzene rings is 1. The van der Waals surface area contributed by atoms with Crippen LogP contribution in [0.2, 0.25) is 0 Å². The van der Waals surface area contributed by atoms with Crippen molar-refractivity contribution in [3.05, 3.63) is 47.9 Å². The highest BCUT2D eigenvalue weighted by Crippen LogP contribution is 2.32. The summed E-state index contributed by atoms with van der Waals surface area (Å²) in [5, 5.41) is 3.00. The first-order valence-electron chi connectivity index (χ1n) is 10.1. The predicted octanol–water partition coefficient (Wildman–Crippen LogP) is 2.52. The van der Waals surface area contributed by atoms with Crippen LogP contribution in [-0.4, -0.2) is 59.2 Å². The van der Waals surface area contributed by atoms with Crippen LogP contribution in [0.15, 0.2) is 36.7 Å². The van der Waals surface area contributed by atoms with Crippen LogP contribution in [0.1, 0.15) is 35.8 Å². The molecule has 0 saturated carbocycles. The summed E-state index contributed by atoms with van der Waals surface area (Å²) in [6, 6.07) is 8.27. The lowest BCUT2D eigenvalue weighted by molar-refractivity contribution is 0.0856. The molecular weight excluding hydrogens is 370 g/mol. The van der Waals surface area contributed by atoms with Crippen molar-refractivity contribution >= 4 is 23.5 Å². The molecule has 3 heterocycles. The topological polar surface area (TPSA) is 87.7 Å². The van der Waals surface area contributed by atoms with Crippen molar-refractivity contribution in [3.8, 4) is 0 Å².